The third kappa shape index (κ3) is 1.63. The van der Waals surface area contributed by atoms with Crippen molar-refractivity contribution in [3.63, 3.8) is 0 Å². The number of rotatable bonds is 1. The third-order valence-corrected chi connectivity index (χ3v) is 7.06. The molecule has 1 N–H and O–H groups in total. The van der Waals surface area contributed by atoms with E-state index >= 15 is 0 Å². The maximum Gasteiger partial charge on any atom is 0.169 e. The predicted molar refractivity (Wildman–Crippen MR) is 88.2 cm³/mol. The van der Waals surface area contributed by atoms with Crippen LogP contribution >= 0.6 is 0 Å². The monoisotopic (exact) mass is 330 g/mol. The van der Waals surface area contributed by atoms with Gasteiger partial charge in [-0.3, -0.25) is 0 Å². The molecule has 4 aliphatic rings. The minimum atomic E-state index is -0.531. The maximum absolute atomic E-state index is 11.1. The van der Waals surface area contributed by atoms with Gasteiger partial charge in [0.25, 0.3) is 0 Å². The Bertz CT molecular complexity index is 665. The number of epoxide rings is 1. The van der Waals surface area contributed by atoms with Crippen molar-refractivity contribution in [3.8, 4) is 0 Å². The Morgan fingerprint density at radius 1 is 1.00 bits per heavy atom. The first-order valence-electron chi connectivity index (χ1n) is 9.04. The molecular formula is C20H26O4. The quantitative estimate of drug-likeness (QED) is 0.805. The van der Waals surface area contributed by atoms with Crippen LogP contribution in [0.5, 0.6) is 0 Å². The first kappa shape index (κ1) is 15.3. The zero-order valence-electron chi connectivity index (χ0n) is 14.6. The normalized spacial score (nSPS) is 47.4. The molecule has 2 saturated heterocycles. The fraction of sp³-hybridized carbons (Fsp3) is 0.700. The van der Waals surface area contributed by atoms with Crippen molar-refractivity contribution in [1.29, 1.82) is 0 Å². The van der Waals surface area contributed by atoms with Crippen molar-refractivity contribution >= 4 is 0 Å². The molecule has 2 aliphatic carbocycles. The van der Waals surface area contributed by atoms with E-state index in [0.29, 0.717) is 13.2 Å². The van der Waals surface area contributed by atoms with Gasteiger partial charge < -0.3 is 19.3 Å². The van der Waals surface area contributed by atoms with Gasteiger partial charge in [0.1, 0.15) is 11.7 Å². The molecule has 0 radical (unpaired) electrons. The number of hydrogen-bond acceptors (Lipinski definition) is 4. The minimum Gasteiger partial charge on any atom is -0.390 e. The lowest BCUT2D eigenvalue weighted by atomic mass is 9.52. The third-order valence-electron chi connectivity index (χ3n) is 7.06. The van der Waals surface area contributed by atoms with Crippen LogP contribution in [-0.4, -0.2) is 36.3 Å². The Morgan fingerprint density at radius 3 is 2.33 bits per heavy atom. The molecule has 4 heteroatoms. The summed E-state index contributed by atoms with van der Waals surface area (Å²) in [5.41, 5.74) is 0.461. The summed E-state index contributed by atoms with van der Waals surface area (Å²) in [6.45, 7) is 8.07. The van der Waals surface area contributed by atoms with Gasteiger partial charge in [0.2, 0.25) is 0 Å². The van der Waals surface area contributed by atoms with Crippen molar-refractivity contribution in [2.75, 3.05) is 13.2 Å². The van der Waals surface area contributed by atoms with E-state index in [1.807, 2.05) is 6.07 Å². The second-order valence-electron chi connectivity index (χ2n) is 8.98. The molecule has 5 atom stereocenters. The molecule has 0 aromatic heterocycles. The SMILES string of the molecule is CC1(C)CC2(C[C@]3(C)[C@H]1[C@@H](O)[C@H]1O[C@]13c1ccccc1)OCCO2. The number of aliphatic hydroxyl groups is 1. The molecule has 4 fully saturated rings. The van der Waals surface area contributed by atoms with Gasteiger partial charge in [0.15, 0.2) is 5.79 Å². The van der Waals surface area contributed by atoms with Crippen LogP contribution in [0.15, 0.2) is 30.3 Å². The first-order valence-corrected chi connectivity index (χ1v) is 9.04. The molecule has 4 nitrogen and oxygen atoms in total. The summed E-state index contributed by atoms with van der Waals surface area (Å²) in [6, 6.07) is 10.4. The Kier molecular flexibility index (Phi) is 2.82. The van der Waals surface area contributed by atoms with Gasteiger partial charge >= 0.3 is 0 Å². The molecule has 0 bridgehead atoms. The highest BCUT2D eigenvalue weighted by atomic mass is 16.7. The summed E-state index contributed by atoms with van der Waals surface area (Å²) in [5.74, 6) is -0.362. The largest absolute Gasteiger partial charge is 0.390 e. The molecule has 0 amide bonds. The van der Waals surface area contributed by atoms with E-state index in [0.717, 1.165) is 12.8 Å². The van der Waals surface area contributed by atoms with Gasteiger partial charge in [0, 0.05) is 24.2 Å². The molecule has 130 valence electrons. The lowest BCUT2D eigenvalue weighted by Gasteiger charge is -2.56. The fourth-order valence-electron chi connectivity index (χ4n) is 6.66. The summed E-state index contributed by atoms with van der Waals surface area (Å²) in [5, 5.41) is 11.1. The topological polar surface area (TPSA) is 51.2 Å². The van der Waals surface area contributed by atoms with E-state index in [1.165, 1.54) is 5.56 Å². The second kappa shape index (κ2) is 4.42. The van der Waals surface area contributed by atoms with Gasteiger partial charge in [0.05, 0.1) is 19.3 Å². The number of hydrogen-bond donors (Lipinski definition) is 1. The van der Waals surface area contributed by atoms with Crippen molar-refractivity contribution in [3.05, 3.63) is 35.9 Å². The molecule has 5 rings (SSSR count). The van der Waals surface area contributed by atoms with Crippen molar-refractivity contribution in [2.24, 2.45) is 16.7 Å². The lowest BCUT2D eigenvalue weighted by Crippen LogP contribution is -2.58. The number of fused-ring (bicyclic) bond motifs is 3. The van der Waals surface area contributed by atoms with Crippen molar-refractivity contribution in [1.82, 2.24) is 0 Å². The zero-order valence-corrected chi connectivity index (χ0v) is 14.6. The molecular weight excluding hydrogens is 304 g/mol. The standard InChI is InChI=1S/C20H26O4/c1-17(2)11-19(22-9-10-23-19)12-18(3)15(17)14(21)16-20(18,24-16)13-7-5-4-6-8-13/h4-8,14-16,21H,9-12H2,1-3H3/t14-,15+,16-,18-,20-/m1/s1. The molecule has 2 aliphatic heterocycles. The molecule has 1 spiro atoms. The van der Waals surface area contributed by atoms with Gasteiger partial charge in [-0.15, -0.1) is 0 Å². The van der Waals surface area contributed by atoms with Crippen LogP contribution in [0.1, 0.15) is 39.2 Å². The summed E-state index contributed by atoms with van der Waals surface area (Å²) in [4.78, 5) is 0. The smallest absolute Gasteiger partial charge is 0.169 e. The van der Waals surface area contributed by atoms with Crippen LogP contribution in [0.4, 0.5) is 0 Å². The average molecular weight is 330 g/mol. The van der Waals surface area contributed by atoms with E-state index in [2.05, 4.69) is 45.0 Å². The summed E-state index contributed by atoms with van der Waals surface area (Å²) in [6.07, 6.45) is 1.04. The fourth-order valence-corrected chi connectivity index (χ4v) is 6.66. The maximum atomic E-state index is 11.1. The lowest BCUT2D eigenvalue weighted by molar-refractivity contribution is -0.261. The average Bonchev–Trinajstić information content (AvgIpc) is 3.11. The van der Waals surface area contributed by atoms with Gasteiger partial charge in [-0.25, -0.2) is 0 Å². The van der Waals surface area contributed by atoms with Crippen LogP contribution in [0.2, 0.25) is 0 Å². The van der Waals surface area contributed by atoms with Crippen LogP contribution < -0.4 is 0 Å². The van der Waals surface area contributed by atoms with E-state index in [1.54, 1.807) is 0 Å². The molecule has 1 aromatic rings. The summed E-state index contributed by atoms with van der Waals surface area (Å²) >= 11 is 0. The molecule has 24 heavy (non-hydrogen) atoms. The number of ether oxygens (including phenoxy) is 3. The number of benzene rings is 1. The first-order chi connectivity index (χ1) is 11.3. The van der Waals surface area contributed by atoms with Crippen LogP contribution in [0.25, 0.3) is 0 Å². The Morgan fingerprint density at radius 2 is 1.67 bits per heavy atom. The zero-order chi connectivity index (χ0) is 16.8. The highest BCUT2D eigenvalue weighted by Crippen LogP contribution is 2.76. The van der Waals surface area contributed by atoms with E-state index < -0.39 is 17.5 Å². The highest BCUT2D eigenvalue weighted by Gasteiger charge is 2.83. The van der Waals surface area contributed by atoms with Crippen LogP contribution in [0, 0.1) is 16.7 Å². The van der Waals surface area contributed by atoms with Crippen LogP contribution in [0.3, 0.4) is 0 Å². The van der Waals surface area contributed by atoms with Crippen LogP contribution in [-0.2, 0) is 19.8 Å². The summed E-state index contributed by atoms with van der Waals surface area (Å²) < 4.78 is 18.5. The van der Waals surface area contributed by atoms with E-state index in [4.69, 9.17) is 14.2 Å². The highest BCUT2D eigenvalue weighted by molar-refractivity contribution is 5.40. The van der Waals surface area contributed by atoms with Gasteiger partial charge in [-0.1, -0.05) is 51.1 Å². The molecule has 2 saturated carbocycles. The minimum absolute atomic E-state index is 0.0741. The van der Waals surface area contributed by atoms with Crippen molar-refractivity contribution in [2.45, 2.75) is 57.2 Å². The molecule has 0 unspecified atom stereocenters. The Labute approximate surface area is 143 Å². The summed E-state index contributed by atoms with van der Waals surface area (Å²) in [7, 11) is 0. The second-order valence-corrected chi connectivity index (χ2v) is 8.98. The van der Waals surface area contributed by atoms with E-state index in [-0.39, 0.29) is 22.9 Å². The van der Waals surface area contributed by atoms with E-state index in [9.17, 15) is 5.11 Å². The molecule has 1 aromatic carbocycles. The van der Waals surface area contributed by atoms with Crippen molar-refractivity contribution < 1.29 is 19.3 Å². The number of aliphatic hydroxyl groups excluding tert-OH is 1. The van der Waals surface area contributed by atoms with Gasteiger partial charge in [-0.2, -0.15) is 0 Å². The predicted octanol–water partition coefficient (Wildman–Crippen LogP) is 2.84. The Balaban J connectivity index is 1.66. The van der Waals surface area contributed by atoms with Gasteiger partial charge in [-0.05, 0) is 11.0 Å². The Hall–Kier alpha value is -0.940. The molecule has 2 heterocycles.